The van der Waals surface area contributed by atoms with Crippen molar-refractivity contribution in [3.05, 3.63) is 60.2 Å². The van der Waals surface area contributed by atoms with Gasteiger partial charge in [0, 0.05) is 30.2 Å². The summed E-state index contributed by atoms with van der Waals surface area (Å²) >= 11 is 0. The van der Waals surface area contributed by atoms with Gasteiger partial charge in [0.25, 0.3) is 5.91 Å². The molecule has 0 atom stereocenters. The number of benzene rings is 2. The van der Waals surface area contributed by atoms with Gasteiger partial charge in [-0.25, -0.2) is 14.4 Å². The van der Waals surface area contributed by atoms with Crippen LogP contribution in [0.2, 0.25) is 0 Å². The smallest absolute Gasteiger partial charge is 0.254 e. The molecule has 0 radical (unpaired) electrons. The van der Waals surface area contributed by atoms with Crippen LogP contribution in [0.3, 0.4) is 0 Å². The van der Waals surface area contributed by atoms with Crippen LogP contribution in [0.5, 0.6) is 0 Å². The Hall–Kier alpha value is -3.55. The number of nitrogens with zero attached hydrogens (tertiary/aromatic N) is 3. The largest absolute Gasteiger partial charge is 0.370 e. The average molecular weight is 381 g/mol. The third-order valence-electron chi connectivity index (χ3n) is 4.06. The second kappa shape index (κ2) is 8.43. The van der Waals surface area contributed by atoms with Crippen LogP contribution in [-0.2, 0) is 4.79 Å². The van der Waals surface area contributed by atoms with Gasteiger partial charge in [0.2, 0.25) is 5.91 Å². The summed E-state index contributed by atoms with van der Waals surface area (Å²) in [7, 11) is 1.53. The normalized spacial score (nSPS) is 10.5. The van der Waals surface area contributed by atoms with E-state index in [2.05, 4.69) is 20.6 Å². The molecule has 7 nitrogen and oxygen atoms in total. The molecule has 2 aromatic carbocycles. The van der Waals surface area contributed by atoms with Gasteiger partial charge in [-0.05, 0) is 43.3 Å². The van der Waals surface area contributed by atoms with Crippen molar-refractivity contribution in [2.75, 3.05) is 30.8 Å². The molecule has 1 heterocycles. The molecule has 0 saturated carbocycles. The van der Waals surface area contributed by atoms with Gasteiger partial charge in [-0.15, -0.1) is 0 Å². The lowest BCUT2D eigenvalue weighted by Gasteiger charge is -2.17. The van der Waals surface area contributed by atoms with Gasteiger partial charge in [0.1, 0.15) is 18.0 Å². The summed E-state index contributed by atoms with van der Waals surface area (Å²) in [6.07, 6.45) is 1.44. The third kappa shape index (κ3) is 4.40. The van der Waals surface area contributed by atoms with E-state index in [1.807, 2.05) is 6.92 Å². The number of carbonyl (C=O) groups is 2. The van der Waals surface area contributed by atoms with Crippen LogP contribution in [0.25, 0.3) is 10.9 Å². The fourth-order valence-electron chi connectivity index (χ4n) is 2.77. The van der Waals surface area contributed by atoms with Crippen molar-refractivity contribution in [2.45, 2.75) is 6.92 Å². The molecule has 1 aromatic heterocycles. The van der Waals surface area contributed by atoms with E-state index in [0.717, 1.165) is 11.9 Å². The summed E-state index contributed by atoms with van der Waals surface area (Å²) in [5.74, 6) is -0.481. The predicted octanol–water partition coefficient (Wildman–Crippen LogP) is 2.91. The first-order valence-corrected chi connectivity index (χ1v) is 8.77. The van der Waals surface area contributed by atoms with Gasteiger partial charge >= 0.3 is 0 Å². The molecule has 8 heteroatoms. The van der Waals surface area contributed by atoms with Crippen molar-refractivity contribution in [1.82, 2.24) is 14.9 Å². The van der Waals surface area contributed by atoms with E-state index in [1.165, 1.54) is 36.5 Å². The molecule has 2 N–H and O–H groups in total. The third-order valence-corrected chi connectivity index (χ3v) is 4.06. The lowest BCUT2D eigenvalue weighted by atomic mass is 10.1. The Balaban J connectivity index is 1.71. The van der Waals surface area contributed by atoms with Gasteiger partial charge in [0.05, 0.1) is 12.1 Å². The quantitative estimate of drug-likeness (QED) is 0.686. The standard InChI is InChI=1S/C20H20FN5O2/c1-3-22-19-16-8-7-13(9-17(16)23-12-24-19)20(28)26(2)11-18(27)25-15-6-4-5-14(21)10-15/h4-10,12H,3,11H2,1-2H3,(H,25,27)(H,22,23,24). The maximum atomic E-state index is 13.2. The van der Waals surface area contributed by atoms with Crippen LogP contribution in [0.4, 0.5) is 15.9 Å². The predicted molar refractivity (Wildman–Crippen MR) is 106 cm³/mol. The van der Waals surface area contributed by atoms with Crippen LogP contribution in [-0.4, -0.2) is 46.8 Å². The van der Waals surface area contributed by atoms with Gasteiger partial charge in [-0.2, -0.15) is 0 Å². The summed E-state index contributed by atoms with van der Waals surface area (Å²) in [4.78, 5) is 34.5. The topological polar surface area (TPSA) is 87.2 Å². The van der Waals surface area contributed by atoms with Crippen molar-refractivity contribution >= 4 is 34.2 Å². The number of likely N-dealkylation sites (N-methyl/N-ethyl adjacent to an activating group) is 1. The molecule has 0 spiro atoms. The Bertz CT molecular complexity index is 1020. The summed E-state index contributed by atoms with van der Waals surface area (Å²) < 4.78 is 13.2. The van der Waals surface area contributed by atoms with Crippen molar-refractivity contribution < 1.29 is 14.0 Å². The second-order valence-electron chi connectivity index (χ2n) is 6.20. The fourth-order valence-corrected chi connectivity index (χ4v) is 2.77. The summed E-state index contributed by atoms with van der Waals surface area (Å²) in [6.45, 7) is 2.52. The number of fused-ring (bicyclic) bond motifs is 1. The lowest BCUT2D eigenvalue weighted by molar-refractivity contribution is -0.116. The molecule has 3 rings (SSSR count). The Morgan fingerprint density at radius 3 is 2.71 bits per heavy atom. The van der Waals surface area contributed by atoms with Crippen LogP contribution < -0.4 is 10.6 Å². The number of carbonyl (C=O) groups excluding carboxylic acids is 2. The number of nitrogens with one attached hydrogen (secondary N) is 2. The monoisotopic (exact) mass is 381 g/mol. The molecule has 28 heavy (non-hydrogen) atoms. The van der Waals surface area contributed by atoms with Gasteiger partial charge in [-0.3, -0.25) is 9.59 Å². The zero-order valence-corrected chi connectivity index (χ0v) is 15.6. The van der Waals surface area contributed by atoms with Crippen LogP contribution in [0.1, 0.15) is 17.3 Å². The van der Waals surface area contributed by atoms with Gasteiger partial charge in [0.15, 0.2) is 0 Å². The number of aromatic nitrogens is 2. The SMILES string of the molecule is CCNc1ncnc2cc(C(=O)N(C)CC(=O)Nc3cccc(F)c3)ccc12. The summed E-state index contributed by atoms with van der Waals surface area (Å²) in [5.41, 5.74) is 1.38. The number of amides is 2. The molecule has 2 amide bonds. The van der Waals surface area contributed by atoms with E-state index in [4.69, 9.17) is 0 Å². The molecule has 0 aliphatic carbocycles. The Morgan fingerprint density at radius 2 is 1.96 bits per heavy atom. The van der Waals surface area contributed by atoms with E-state index in [9.17, 15) is 14.0 Å². The van der Waals surface area contributed by atoms with Crippen molar-refractivity contribution in [1.29, 1.82) is 0 Å². The number of halogens is 1. The van der Waals surface area contributed by atoms with E-state index in [1.54, 1.807) is 24.3 Å². The van der Waals surface area contributed by atoms with Crippen LogP contribution in [0.15, 0.2) is 48.8 Å². The molecule has 0 unspecified atom stereocenters. The molecule has 0 aliphatic rings. The number of hydrogen-bond acceptors (Lipinski definition) is 5. The maximum absolute atomic E-state index is 13.2. The van der Waals surface area contributed by atoms with E-state index < -0.39 is 11.7 Å². The molecule has 0 saturated heterocycles. The van der Waals surface area contributed by atoms with Crippen LogP contribution in [0, 0.1) is 5.82 Å². The zero-order valence-electron chi connectivity index (χ0n) is 15.6. The Labute approximate surface area is 161 Å². The summed E-state index contributed by atoms with van der Waals surface area (Å²) in [6, 6.07) is 10.7. The maximum Gasteiger partial charge on any atom is 0.254 e. The highest BCUT2D eigenvalue weighted by atomic mass is 19.1. The summed E-state index contributed by atoms with van der Waals surface area (Å²) in [5, 5.41) is 6.53. The molecule has 0 bridgehead atoms. The molecule has 0 fully saturated rings. The number of hydrogen-bond donors (Lipinski definition) is 2. The van der Waals surface area contributed by atoms with Gasteiger partial charge < -0.3 is 15.5 Å². The fraction of sp³-hybridized carbons (Fsp3) is 0.200. The number of rotatable bonds is 6. The number of anilines is 2. The highest BCUT2D eigenvalue weighted by molar-refractivity contribution is 6.02. The van der Waals surface area contributed by atoms with E-state index in [0.29, 0.717) is 22.6 Å². The van der Waals surface area contributed by atoms with E-state index in [-0.39, 0.29) is 12.5 Å². The highest BCUT2D eigenvalue weighted by Crippen LogP contribution is 2.21. The van der Waals surface area contributed by atoms with Crippen molar-refractivity contribution in [3.8, 4) is 0 Å². The van der Waals surface area contributed by atoms with Crippen molar-refractivity contribution in [3.63, 3.8) is 0 Å². The molecule has 0 aliphatic heterocycles. The molecular formula is C20H20FN5O2. The molecule has 144 valence electrons. The van der Waals surface area contributed by atoms with Crippen LogP contribution >= 0.6 is 0 Å². The van der Waals surface area contributed by atoms with E-state index >= 15 is 0 Å². The minimum absolute atomic E-state index is 0.167. The lowest BCUT2D eigenvalue weighted by Crippen LogP contribution is -2.34. The average Bonchev–Trinajstić information content (AvgIpc) is 2.67. The first-order valence-electron chi connectivity index (χ1n) is 8.77. The minimum atomic E-state index is -0.447. The van der Waals surface area contributed by atoms with Gasteiger partial charge in [-0.1, -0.05) is 6.07 Å². The Morgan fingerprint density at radius 1 is 1.14 bits per heavy atom. The first-order chi connectivity index (χ1) is 13.5. The van der Waals surface area contributed by atoms with Crippen molar-refractivity contribution in [2.24, 2.45) is 0 Å². The first kappa shape index (κ1) is 19.2. The zero-order chi connectivity index (χ0) is 20.1. The molecule has 3 aromatic rings. The second-order valence-corrected chi connectivity index (χ2v) is 6.20. The molecular weight excluding hydrogens is 361 g/mol. The Kier molecular flexibility index (Phi) is 5.78. The highest BCUT2D eigenvalue weighted by Gasteiger charge is 2.16. The minimum Gasteiger partial charge on any atom is -0.370 e.